The fourth-order valence-corrected chi connectivity index (χ4v) is 4.03. The van der Waals surface area contributed by atoms with Crippen molar-refractivity contribution in [3.8, 4) is 5.75 Å². The third-order valence-electron chi connectivity index (χ3n) is 6.17. The molecule has 9 N–H and O–H groups in total. The number of amides is 2. The molecule has 0 bridgehead atoms. The van der Waals surface area contributed by atoms with Crippen LogP contribution in [0, 0.1) is 0 Å². The van der Waals surface area contributed by atoms with E-state index in [2.05, 4.69) is 31.5 Å². The summed E-state index contributed by atoms with van der Waals surface area (Å²) in [7, 11) is 0. The molecule has 40 heavy (non-hydrogen) atoms. The number of hydrazine groups is 2. The van der Waals surface area contributed by atoms with Crippen LogP contribution in [0.5, 0.6) is 5.75 Å². The first kappa shape index (κ1) is 32.3. The minimum absolute atomic E-state index is 0.0638. The molecule has 1 heterocycles. The van der Waals surface area contributed by atoms with Crippen molar-refractivity contribution in [3.05, 3.63) is 88.0 Å². The van der Waals surface area contributed by atoms with E-state index >= 15 is 0 Å². The molecule has 3 aromatic rings. The highest BCUT2D eigenvalue weighted by atomic mass is 16.3. The van der Waals surface area contributed by atoms with Gasteiger partial charge < -0.3 is 15.7 Å². The van der Waals surface area contributed by atoms with Crippen molar-refractivity contribution in [3.63, 3.8) is 0 Å². The van der Waals surface area contributed by atoms with Gasteiger partial charge in [0.2, 0.25) is 0 Å². The van der Waals surface area contributed by atoms with Crippen molar-refractivity contribution < 1.29 is 14.7 Å². The normalized spacial score (nSPS) is 11.0. The quantitative estimate of drug-likeness (QED) is 0.113. The number of aromatic hydroxyl groups is 1. The molecule has 0 saturated carbocycles. The Hall–Kier alpha value is -3.90. The van der Waals surface area contributed by atoms with Gasteiger partial charge in [-0.1, -0.05) is 71.9 Å². The molecule has 11 heteroatoms. The lowest BCUT2D eigenvalue weighted by Crippen LogP contribution is -2.42. The number of nitrogens with one attached hydrogen (secondary N) is 4. The van der Waals surface area contributed by atoms with Gasteiger partial charge >= 0.3 is 0 Å². The Kier molecular flexibility index (Phi) is 12.1. The van der Waals surface area contributed by atoms with Crippen LogP contribution < -0.4 is 33.2 Å². The fraction of sp³-hybridized carbons (Fsp3) is 0.379. The predicted molar refractivity (Wildman–Crippen MR) is 156 cm³/mol. The van der Waals surface area contributed by atoms with Gasteiger partial charge in [0.25, 0.3) is 11.8 Å². The third-order valence-corrected chi connectivity index (χ3v) is 6.17. The summed E-state index contributed by atoms with van der Waals surface area (Å²) in [5.74, 6) is 10.3. The van der Waals surface area contributed by atoms with Crippen molar-refractivity contribution in [2.45, 2.75) is 72.6 Å². The minimum Gasteiger partial charge on any atom is -0.508 e. The van der Waals surface area contributed by atoms with Gasteiger partial charge in [0.15, 0.2) is 0 Å². The molecule has 0 aliphatic rings. The van der Waals surface area contributed by atoms with Gasteiger partial charge in [-0.25, -0.2) is 20.8 Å². The van der Waals surface area contributed by atoms with Crippen molar-refractivity contribution >= 4 is 11.8 Å². The van der Waals surface area contributed by atoms with Crippen LogP contribution in [0.2, 0.25) is 0 Å². The molecule has 2 aromatic carbocycles. The van der Waals surface area contributed by atoms with Crippen molar-refractivity contribution in [1.82, 2.24) is 31.5 Å². The van der Waals surface area contributed by atoms with E-state index in [0.29, 0.717) is 0 Å². The molecule has 216 valence electrons. The number of phenolic OH excluding ortho intramolecular Hbond substituents is 1. The highest BCUT2D eigenvalue weighted by molar-refractivity contribution is 5.97. The van der Waals surface area contributed by atoms with Crippen molar-refractivity contribution in [1.29, 1.82) is 0 Å². The van der Waals surface area contributed by atoms with Gasteiger partial charge in [-0.05, 0) is 45.7 Å². The minimum atomic E-state index is -0.457. The molecular weight excluding hydrogens is 508 g/mol. The first-order valence-electron chi connectivity index (χ1n) is 13.3. The molecule has 0 saturated heterocycles. The fourth-order valence-electron chi connectivity index (χ4n) is 4.03. The average molecular weight is 551 g/mol. The van der Waals surface area contributed by atoms with Gasteiger partial charge in [0, 0.05) is 19.2 Å². The Labute approximate surface area is 236 Å². The highest BCUT2D eigenvalue weighted by Crippen LogP contribution is 2.31. The number of aromatic nitrogens is 2. The van der Waals surface area contributed by atoms with E-state index < -0.39 is 18.0 Å². The summed E-state index contributed by atoms with van der Waals surface area (Å²) in [6.07, 6.45) is 1.53. The summed E-state index contributed by atoms with van der Waals surface area (Å²) in [6.45, 7) is 12.5. The first-order chi connectivity index (χ1) is 19.1. The largest absolute Gasteiger partial charge is 0.508 e. The molecule has 2 amide bonds. The molecule has 0 atom stereocenters. The lowest BCUT2D eigenvalue weighted by atomic mass is 9.86. The third kappa shape index (κ3) is 8.55. The predicted octanol–water partition coefficient (Wildman–Crippen LogP) is 2.85. The zero-order valence-corrected chi connectivity index (χ0v) is 24.1. The molecule has 0 spiro atoms. The van der Waals surface area contributed by atoms with E-state index in [0.717, 1.165) is 34.2 Å². The van der Waals surface area contributed by atoms with Crippen molar-refractivity contribution in [2.75, 3.05) is 0 Å². The summed E-state index contributed by atoms with van der Waals surface area (Å²) < 4.78 is 0. The maximum absolute atomic E-state index is 12.8. The number of benzene rings is 2. The van der Waals surface area contributed by atoms with Gasteiger partial charge in [-0.15, -0.1) is 0 Å². The van der Waals surface area contributed by atoms with E-state index in [1.165, 1.54) is 12.4 Å². The summed E-state index contributed by atoms with van der Waals surface area (Å²) in [5, 5.41) is 15.9. The second kappa shape index (κ2) is 15.0. The van der Waals surface area contributed by atoms with Crippen LogP contribution >= 0.6 is 0 Å². The number of aryl methyl sites for hydroxylation is 1. The first-order valence-corrected chi connectivity index (χ1v) is 13.3. The lowest BCUT2D eigenvalue weighted by molar-refractivity contribution is 0.0944. The van der Waals surface area contributed by atoms with Gasteiger partial charge in [0.1, 0.15) is 29.6 Å². The SMILES string of the molecule is CC.CCc1cc(C(NN)NN)ccc1CNC(=O)c1cc(C(=O)NCc2ccc(C(C)(C)C)c(O)c2)ncn1. The molecule has 0 aliphatic heterocycles. The summed E-state index contributed by atoms with van der Waals surface area (Å²) in [5.41, 5.74) is 9.52. The van der Waals surface area contributed by atoms with Crippen LogP contribution in [0.4, 0.5) is 0 Å². The number of rotatable bonds is 10. The highest BCUT2D eigenvalue weighted by Gasteiger charge is 2.19. The standard InChI is InChI=1S/C27H36N8O3.C2H6/c1-5-17-11-18(24(34-28)35-29)7-8-19(17)14-31-26(38)22-12-21(32-15-33-22)25(37)30-13-16-6-9-20(23(36)10-16)27(2,3)4;1-2/h6-12,15,24,34-36H,5,13-14,28-29H2,1-4H3,(H,30,37)(H,31,38);1-2H3. The Morgan fingerprint density at radius 3 is 2.00 bits per heavy atom. The molecular formula is C29H42N8O3. The van der Waals surface area contributed by atoms with Crippen LogP contribution in [-0.2, 0) is 24.9 Å². The number of hydrogen-bond acceptors (Lipinski definition) is 9. The number of nitrogens with two attached hydrogens (primary N) is 2. The number of carbonyl (C=O) groups excluding carboxylic acids is 2. The summed E-state index contributed by atoms with van der Waals surface area (Å²) in [4.78, 5) is 33.5. The maximum atomic E-state index is 12.8. The second-order valence-corrected chi connectivity index (χ2v) is 9.90. The van der Waals surface area contributed by atoms with Crippen molar-refractivity contribution in [2.24, 2.45) is 11.7 Å². The average Bonchev–Trinajstić information content (AvgIpc) is 2.96. The Morgan fingerprint density at radius 1 is 0.875 bits per heavy atom. The zero-order chi connectivity index (χ0) is 29.9. The van der Waals surface area contributed by atoms with Crippen LogP contribution in [-0.4, -0.2) is 26.9 Å². The van der Waals surface area contributed by atoms with Gasteiger partial charge in [0.05, 0.1) is 0 Å². The molecule has 0 fully saturated rings. The van der Waals surface area contributed by atoms with E-state index in [1.807, 2.05) is 71.9 Å². The number of phenols is 1. The van der Waals surface area contributed by atoms with E-state index in [9.17, 15) is 14.7 Å². The van der Waals surface area contributed by atoms with Crippen LogP contribution in [0.1, 0.15) is 96.5 Å². The van der Waals surface area contributed by atoms with Crippen LogP contribution in [0.25, 0.3) is 0 Å². The monoisotopic (exact) mass is 550 g/mol. The Balaban J connectivity index is 0.00000274. The molecule has 1 aromatic heterocycles. The van der Waals surface area contributed by atoms with E-state index in [-0.39, 0.29) is 35.6 Å². The molecule has 0 unspecified atom stereocenters. The number of carbonyl (C=O) groups is 2. The Bertz CT molecular complexity index is 1290. The number of hydrogen-bond donors (Lipinski definition) is 7. The maximum Gasteiger partial charge on any atom is 0.270 e. The summed E-state index contributed by atoms with van der Waals surface area (Å²) >= 11 is 0. The molecule has 0 radical (unpaired) electrons. The zero-order valence-electron chi connectivity index (χ0n) is 24.1. The summed E-state index contributed by atoms with van der Waals surface area (Å²) in [6, 6.07) is 12.4. The molecule has 0 aliphatic carbocycles. The van der Waals surface area contributed by atoms with E-state index in [1.54, 1.807) is 6.07 Å². The lowest BCUT2D eigenvalue weighted by Gasteiger charge is -2.20. The number of nitrogens with zero attached hydrogens (tertiary/aromatic N) is 2. The molecule has 3 rings (SSSR count). The van der Waals surface area contributed by atoms with Crippen LogP contribution in [0.3, 0.4) is 0 Å². The topological polar surface area (TPSA) is 180 Å². The van der Waals surface area contributed by atoms with E-state index in [4.69, 9.17) is 11.7 Å². The second-order valence-electron chi connectivity index (χ2n) is 9.90. The van der Waals surface area contributed by atoms with Gasteiger partial charge in [-0.3, -0.25) is 21.3 Å². The smallest absolute Gasteiger partial charge is 0.270 e. The van der Waals surface area contributed by atoms with Crippen LogP contribution in [0.15, 0.2) is 48.8 Å². The Morgan fingerprint density at radius 2 is 1.48 bits per heavy atom. The molecule has 11 nitrogen and oxygen atoms in total. The van der Waals surface area contributed by atoms with Gasteiger partial charge in [-0.2, -0.15) is 0 Å².